The van der Waals surface area contributed by atoms with Gasteiger partial charge in [0.25, 0.3) is 0 Å². The van der Waals surface area contributed by atoms with Gasteiger partial charge in [0, 0.05) is 11.1 Å². The summed E-state index contributed by atoms with van der Waals surface area (Å²) in [6.45, 7) is 0.557. The summed E-state index contributed by atoms with van der Waals surface area (Å²) in [6.07, 6.45) is 7.40. The fraction of sp³-hybridized carbons (Fsp3) is 0.154. The topological polar surface area (TPSA) is 50.1 Å². The molecule has 0 amide bonds. The van der Waals surface area contributed by atoms with Gasteiger partial charge in [-0.25, -0.2) is 0 Å². The van der Waals surface area contributed by atoms with Gasteiger partial charge in [-0.1, -0.05) is 72.3 Å². The van der Waals surface area contributed by atoms with Crippen LogP contribution in [0.2, 0.25) is 5.02 Å². The van der Waals surface area contributed by atoms with Crippen LogP contribution in [0.15, 0.2) is 60.7 Å². The number of nitriles is 1. The third-order valence-electron chi connectivity index (χ3n) is 4.75. The quantitative estimate of drug-likeness (QED) is 0.201. The second kappa shape index (κ2) is 11.4. The molecular formula is C26H22ClNO2S. The van der Waals surface area contributed by atoms with Crippen LogP contribution in [-0.2, 0) is 0 Å². The van der Waals surface area contributed by atoms with Gasteiger partial charge in [0.1, 0.15) is 11.8 Å². The number of nitrogens with zero attached hydrogens (tertiary/aromatic N) is 1. The highest BCUT2D eigenvalue weighted by molar-refractivity contribution is 7.98. The Balaban J connectivity index is 1.94. The number of halogens is 1. The summed E-state index contributed by atoms with van der Waals surface area (Å²) in [7, 11) is 0. The smallest absolute Gasteiger partial charge is 0.150 e. The number of thioether (sulfide) groups is 1. The molecule has 3 aromatic carbocycles. The molecule has 3 rings (SSSR count). The van der Waals surface area contributed by atoms with Gasteiger partial charge in [-0.15, -0.1) is 0 Å². The minimum atomic E-state index is 0.409. The second-order valence-corrected chi connectivity index (χ2v) is 8.20. The van der Waals surface area contributed by atoms with Crippen LogP contribution in [0.4, 0.5) is 0 Å². The predicted molar refractivity (Wildman–Crippen MR) is 131 cm³/mol. The molecular weight excluding hydrogens is 426 g/mol. The van der Waals surface area contributed by atoms with Gasteiger partial charge in [0.15, 0.2) is 6.29 Å². The maximum absolute atomic E-state index is 11.6. The van der Waals surface area contributed by atoms with Crippen molar-refractivity contribution < 1.29 is 9.53 Å². The van der Waals surface area contributed by atoms with E-state index in [4.69, 9.17) is 16.3 Å². The molecule has 5 heteroatoms. The van der Waals surface area contributed by atoms with Gasteiger partial charge < -0.3 is 4.74 Å². The predicted octanol–water partition coefficient (Wildman–Crippen LogP) is 6.99. The molecule has 0 atom stereocenters. The van der Waals surface area contributed by atoms with Crippen LogP contribution in [0.25, 0.3) is 23.3 Å². The van der Waals surface area contributed by atoms with Crippen molar-refractivity contribution in [3.63, 3.8) is 0 Å². The third kappa shape index (κ3) is 5.79. The van der Waals surface area contributed by atoms with Gasteiger partial charge in [0.2, 0.25) is 0 Å². The van der Waals surface area contributed by atoms with Gasteiger partial charge in [-0.3, -0.25) is 4.79 Å². The molecule has 3 nitrogen and oxygen atoms in total. The van der Waals surface area contributed by atoms with Crippen molar-refractivity contribution in [2.45, 2.75) is 6.42 Å². The monoisotopic (exact) mass is 447 g/mol. The number of aldehydes is 1. The molecule has 0 N–H and O–H groups in total. The second-order valence-electron chi connectivity index (χ2n) is 6.81. The van der Waals surface area contributed by atoms with Crippen LogP contribution in [0.3, 0.4) is 0 Å². The first-order valence-electron chi connectivity index (χ1n) is 9.85. The molecule has 156 valence electrons. The Morgan fingerprint density at radius 2 is 1.81 bits per heavy atom. The van der Waals surface area contributed by atoms with E-state index in [2.05, 4.69) is 12.3 Å². The van der Waals surface area contributed by atoms with Crippen molar-refractivity contribution in [2.24, 2.45) is 0 Å². The van der Waals surface area contributed by atoms with Gasteiger partial charge in [0.05, 0.1) is 17.2 Å². The molecule has 0 aliphatic rings. The third-order valence-corrected chi connectivity index (χ3v) is 5.74. The average Bonchev–Trinajstić information content (AvgIpc) is 2.81. The number of benzene rings is 3. The highest BCUT2D eigenvalue weighted by Crippen LogP contribution is 2.30. The van der Waals surface area contributed by atoms with Crippen LogP contribution in [0.5, 0.6) is 5.75 Å². The van der Waals surface area contributed by atoms with E-state index < -0.39 is 0 Å². The van der Waals surface area contributed by atoms with E-state index in [9.17, 15) is 10.1 Å². The highest BCUT2D eigenvalue weighted by atomic mass is 35.5. The van der Waals surface area contributed by atoms with E-state index in [1.54, 1.807) is 23.9 Å². The Morgan fingerprint density at radius 1 is 1.03 bits per heavy atom. The standard InChI is InChI=1S/C26H22ClNO2S/c1-31-14-6-13-30-26-16-21(22(18-29)15-25(26)27)12-11-20-9-5-10-23(24(20)17-28)19-7-3-2-4-8-19/h2-5,7-12,15-16,18H,6,13-14H2,1H3/b12-11+. The number of carbonyl (C=O) groups is 1. The van der Waals surface area contributed by atoms with E-state index in [1.165, 1.54) is 0 Å². The minimum Gasteiger partial charge on any atom is -0.492 e. The number of ether oxygens (including phenoxy) is 1. The Bertz CT molecular complexity index is 1120. The van der Waals surface area contributed by atoms with E-state index >= 15 is 0 Å². The molecule has 0 fully saturated rings. The molecule has 3 aromatic rings. The molecule has 0 aromatic heterocycles. The highest BCUT2D eigenvalue weighted by Gasteiger charge is 2.10. The molecule has 0 saturated carbocycles. The number of carbonyl (C=O) groups excluding carboxylic acids is 1. The summed E-state index contributed by atoms with van der Waals surface area (Å²) < 4.78 is 5.81. The number of rotatable bonds is 9. The molecule has 0 unspecified atom stereocenters. The average molecular weight is 448 g/mol. The van der Waals surface area contributed by atoms with E-state index in [1.807, 2.05) is 60.7 Å². The summed E-state index contributed by atoms with van der Waals surface area (Å²) in [5.74, 6) is 1.55. The zero-order valence-electron chi connectivity index (χ0n) is 17.2. The molecule has 0 aliphatic heterocycles. The molecule has 31 heavy (non-hydrogen) atoms. The van der Waals surface area contributed by atoms with Gasteiger partial charge in [-0.2, -0.15) is 17.0 Å². The molecule has 0 bridgehead atoms. The molecule has 0 aliphatic carbocycles. The van der Waals surface area contributed by atoms with Crippen molar-refractivity contribution in [2.75, 3.05) is 18.6 Å². The maximum Gasteiger partial charge on any atom is 0.150 e. The first kappa shape index (κ1) is 22.7. The lowest BCUT2D eigenvalue weighted by molar-refractivity contribution is 0.112. The Kier molecular flexibility index (Phi) is 8.35. The zero-order chi connectivity index (χ0) is 22.1. The minimum absolute atomic E-state index is 0.409. The van der Waals surface area contributed by atoms with Crippen molar-refractivity contribution in [1.29, 1.82) is 5.26 Å². The van der Waals surface area contributed by atoms with Crippen molar-refractivity contribution in [3.8, 4) is 22.9 Å². The maximum atomic E-state index is 11.6. The molecule has 0 spiro atoms. The largest absolute Gasteiger partial charge is 0.492 e. The summed E-state index contributed by atoms with van der Waals surface area (Å²) in [6, 6.07) is 21.3. The van der Waals surface area contributed by atoms with Gasteiger partial charge >= 0.3 is 0 Å². The summed E-state index contributed by atoms with van der Waals surface area (Å²) in [5, 5.41) is 10.2. The van der Waals surface area contributed by atoms with Crippen molar-refractivity contribution >= 4 is 41.8 Å². The first-order valence-corrected chi connectivity index (χ1v) is 11.6. The lowest BCUT2D eigenvalue weighted by Crippen LogP contribution is -2.00. The molecule has 0 radical (unpaired) electrons. The number of hydrogen-bond donors (Lipinski definition) is 0. The Hall–Kier alpha value is -3.00. The fourth-order valence-corrected chi connectivity index (χ4v) is 3.83. The summed E-state index contributed by atoms with van der Waals surface area (Å²) in [4.78, 5) is 11.6. The van der Waals surface area contributed by atoms with Crippen LogP contribution in [0, 0.1) is 11.3 Å². The lowest BCUT2D eigenvalue weighted by Gasteiger charge is -2.11. The van der Waals surface area contributed by atoms with Crippen molar-refractivity contribution in [1.82, 2.24) is 0 Å². The lowest BCUT2D eigenvalue weighted by atomic mass is 9.95. The molecule has 0 heterocycles. The van der Waals surface area contributed by atoms with E-state index in [0.717, 1.165) is 35.2 Å². The van der Waals surface area contributed by atoms with Crippen LogP contribution in [-0.4, -0.2) is 24.9 Å². The normalized spacial score (nSPS) is 10.7. The van der Waals surface area contributed by atoms with E-state index in [0.29, 0.717) is 34.1 Å². The zero-order valence-corrected chi connectivity index (χ0v) is 18.7. The first-order chi connectivity index (χ1) is 15.2. The van der Waals surface area contributed by atoms with Gasteiger partial charge in [-0.05, 0) is 47.3 Å². The Morgan fingerprint density at radius 3 is 2.52 bits per heavy atom. The van der Waals surface area contributed by atoms with E-state index in [-0.39, 0.29) is 0 Å². The summed E-state index contributed by atoms with van der Waals surface area (Å²) >= 11 is 8.05. The SMILES string of the molecule is CSCCCOc1cc(/C=C/c2cccc(-c3ccccc3)c2C#N)c(C=O)cc1Cl. The summed E-state index contributed by atoms with van der Waals surface area (Å²) in [5.41, 5.74) is 4.37. The number of hydrogen-bond acceptors (Lipinski definition) is 4. The fourth-order valence-electron chi connectivity index (χ4n) is 3.20. The Labute approximate surface area is 192 Å². The molecule has 0 saturated heterocycles. The van der Waals surface area contributed by atoms with Crippen LogP contribution in [0.1, 0.15) is 33.5 Å². The van der Waals surface area contributed by atoms with Crippen molar-refractivity contribution in [3.05, 3.63) is 87.9 Å². The van der Waals surface area contributed by atoms with Crippen LogP contribution < -0.4 is 4.74 Å². The van der Waals surface area contributed by atoms with Crippen LogP contribution >= 0.6 is 23.4 Å².